The maximum Gasteiger partial charge on any atom is 0.360 e. The van der Waals surface area contributed by atoms with Crippen molar-refractivity contribution in [3.63, 3.8) is 0 Å². The predicted octanol–water partition coefficient (Wildman–Crippen LogP) is 2.48. The van der Waals surface area contributed by atoms with E-state index in [-0.39, 0.29) is 28.2 Å². The van der Waals surface area contributed by atoms with Crippen LogP contribution in [0.5, 0.6) is 0 Å². The monoisotopic (exact) mass is 482 g/mol. The van der Waals surface area contributed by atoms with Gasteiger partial charge in [-0.3, -0.25) is 4.79 Å². The molecule has 2 aromatic carbocycles. The van der Waals surface area contributed by atoms with Crippen molar-refractivity contribution in [3.8, 4) is 5.69 Å². The van der Waals surface area contributed by atoms with Crippen LogP contribution in [0.3, 0.4) is 0 Å². The van der Waals surface area contributed by atoms with Crippen LogP contribution in [-0.2, 0) is 6.54 Å². The van der Waals surface area contributed by atoms with Crippen molar-refractivity contribution in [1.82, 2.24) is 24.8 Å². The number of amides is 2. The van der Waals surface area contributed by atoms with E-state index in [9.17, 15) is 19.2 Å². The molecule has 4 rings (SSSR count). The zero-order chi connectivity index (χ0) is 24.4. The molecule has 0 aliphatic rings. The van der Waals surface area contributed by atoms with Gasteiger partial charge in [-0.1, -0.05) is 11.6 Å². The van der Waals surface area contributed by atoms with Gasteiger partial charge in [-0.15, -0.1) is 0 Å². The van der Waals surface area contributed by atoms with E-state index in [0.717, 1.165) is 0 Å². The number of rotatable bonds is 6. The number of aromatic amines is 1. The van der Waals surface area contributed by atoms with Crippen LogP contribution in [-0.4, -0.2) is 47.7 Å². The fraction of sp³-hybridized carbons (Fsp3) is 0.0476. The van der Waals surface area contributed by atoms with Crippen LogP contribution in [0.15, 0.2) is 53.7 Å². The van der Waals surface area contributed by atoms with E-state index in [0.29, 0.717) is 17.1 Å². The molecule has 0 spiro atoms. The molecule has 5 N–H and O–H groups in total. The second kappa shape index (κ2) is 9.03. The topological polar surface area (TPSA) is 179 Å². The van der Waals surface area contributed by atoms with Gasteiger partial charge in [0, 0.05) is 11.9 Å². The molecule has 0 bridgehead atoms. The molecular formula is C21H15ClN6O6. The fourth-order valence-corrected chi connectivity index (χ4v) is 3.33. The quantitative estimate of drug-likeness (QED) is 0.278. The summed E-state index contributed by atoms with van der Waals surface area (Å²) >= 11 is 6.32. The number of aromatic nitrogens is 4. The van der Waals surface area contributed by atoms with Gasteiger partial charge >= 0.3 is 18.0 Å². The largest absolute Gasteiger partial charge is 0.478 e. The average molecular weight is 483 g/mol. The predicted molar refractivity (Wildman–Crippen MR) is 121 cm³/mol. The number of hydrogen-bond donors (Lipinski definition) is 5. The molecular weight excluding hydrogens is 468 g/mol. The minimum atomic E-state index is -1.45. The highest BCUT2D eigenvalue weighted by Gasteiger charge is 2.15. The molecule has 4 aromatic rings. The molecule has 2 aromatic heterocycles. The van der Waals surface area contributed by atoms with Gasteiger partial charge in [0.25, 0.3) is 5.56 Å². The summed E-state index contributed by atoms with van der Waals surface area (Å²) in [6, 6.07) is 8.12. The van der Waals surface area contributed by atoms with Crippen molar-refractivity contribution in [1.29, 1.82) is 0 Å². The molecule has 0 radical (unpaired) electrons. The Kier molecular flexibility index (Phi) is 5.97. The Morgan fingerprint density at radius 1 is 1.09 bits per heavy atom. The molecule has 0 saturated heterocycles. The van der Waals surface area contributed by atoms with Crippen LogP contribution >= 0.6 is 11.6 Å². The Morgan fingerprint density at radius 3 is 2.50 bits per heavy atom. The third kappa shape index (κ3) is 4.71. The van der Waals surface area contributed by atoms with Crippen LogP contribution in [0.1, 0.15) is 26.5 Å². The Bertz CT molecular complexity index is 1490. The molecule has 0 atom stereocenters. The molecule has 0 unspecified atom stereocenters. The minimum Gasteiger partial charge on any atom is -0.478 e. The number of hydrogen-bond acceptors (Lipinski definition) is 6. The average Bonchev–Trinajstić information content (AvgIpc) is 3.26. The molecule has 12 nitrogen and oxygen atoms in total. The summed E-state index contributed by atoms with van der Waals surface area (Å²) < 4.78 is 1.56. The number of nitrogens with zero attached hydrogens (tertiary/aromatic N) is 3. The van der Waals surface area contributed by atoms with Crippen LogP contribution in [0, 0.1) is 0 Å². The molecule has 0 saturated carbocycles. The van der Waals surface area contributed by atoms with Gasteiger partial charge in [0.1, 0.15) is 0 Å². The van der Waals surface area contributed by atoms with Crippen LogP contribution < -0.4 is 16.2 Å². The van der Waals surface area contributed by atoms with Crippen LogP contribution in [0.25, 0.3) is 16.7 Å². The number of carbonyl (C=O) groups is 3. The van der Waals surface area contributed by atoms with Crippen LogP contribution in [0.4, 0.5) is 10.5 Å². The van der Waals surface area contributed by atoms with E-state index in [4.69, 9.17) is 21.8 Å². The van der Waals surface area contributed by atoms with Gasteiger partial charge in [0.15, 0.2) is 0 Å². The molecule has 0 fully saturated rings. The fourth-order valence-electron chi connectivity index (χ4n) is 3.07. The van der Waals surface area contributed by atoms with Crippen molar-refractivity contribution in [3.05, 3.63) is 81.3 Å². The first kappa shape index (κ1) is 22.5. The van der Waals surface area contributed by atoms with Crippen molar-refractivity contribution in [2.75, 3.05) is 5.32 Å². The van der Waals surface area contributed by atoms with E-state index in [1.165, 1.54) is 42.7 Å². The summed E-state index contributed by atoms with van der Waals surface area (Å²) in [5, 5.41) is 23.5. The molecule has 13 heteroatoms. The van der Waals surface area contributed by atoms with Gasteiger partial charge in [0.05, 0.1) is 45.9 Å². The minimum absolute atomic E-state index is 0.0754. The number of carboxylic acids is 2. The smallest absolute Gasteiger partial charge is 0.360 e. The SMILES string of the molecule is O=C(NCc1cn(-c2cc3nc(C(=O)O)c(=O)[nH]c3cc2Cl)cn1)Nc1ccc(C(=O)O)cc1. The molecule has 34 heavy (non-hydrogen) atoms. The lowest BCUT2D eigenvalue weighted by molar-refractivity contribution is 0.0681. The zero-order valence-corrected chi connectivity index (χ0v) is 17.8. The Balaban J connectivity index is 1.47. The number of carboxylic acid groups (broad SMARTS) is 2. The Morgan fingerprint density at radius 2 is 1.82 bits per heavy atom. The second-order valence-electron chi connectivity index (χ2n) is 7.00. The number of aromatic carboxylic acids is 2. The van der Waals surface area contributed by atoms with Crippen molar-refractivity contribution >= 4 is 46.3 Å². The second-order valence-corrected chi connectivity index (χ2v) is 7.41. The van der Waals surface area contributed by atoms with E-state index in [2.05, 4.69) is 25.6 Å². The van der Waals surface area contributed by atoms with Gasteiger partial charge < -0.3 is 30.4 Å². The van der Waals surface area contributed by atoms with E-state index >= 15 is 0 Å². The lowest BCUT2D eigenvalue weighted by Gasteiger charge is -2.08. The highest BCUT2D eigenvalue weighted by atomic mass is 35.5. The summed E-state index contributed by atoms with van der Waals surface area (Å²) in [6.45, 7) is 0.0754. The first-order chi connectivity index (χ1) is 16.2. The van der Waals surface area contributed by atoms with E-state index in [1.807, 2.05) is 0 Å². The van der Waals surface area contributed by atoms with Crippen molar-refractivity contribution < 1.29 is 24.6 Å². The molecule has 172 valence electrons. The summed E-state index contributed by atoms with van der Waals surface area (Å²) in [5.41, 5.74) is 0.472. The maximum atomic E-state index is 12.1. The first-order valence-corrected chi connectivity index (χ1v) is 9.97. The number of anilines is 1. The number of benzene rings is 2. The number of nitrogens with one attached hydrogen (secondary N) is 3. The summed E-state index contributed by atoms with van der Waals surface area (Å²) in [7, 11) is 0. The van der Waals surface area contributed by atoms with Gasteiger partial charge in [0.2, 0.25) is 5.69 Å². The molecule has 2 heterocycles. The number of carbonyl (C=O) groups excluding carboxylic acids is 1. The van der Waals surface area contributed by atoms with E-state index < -0.39 is 29.2 Å². The third-order valence-electron chi connectivity index (χ3n) is 4.70. The Labute approximate surface area is 194 Å². The summed E-state index contributed by atoms with van der Waals surface area (Å²) in [5.74, 6) is -2.52. The number of H-pyrrole nitrogens is 1. The number of urea groups is 1. The Hall–Kier alpha value is -4.71. The van der Waals surface area contributed by atoms with Crippen molar-refractivity contribution in [2.45, 2.75) is 6.54 Å². The summed E-state index contributed by atoms with van der Waals surface area (Å²) in [6.07, 6.45) is 3.06. The molecule has 0 aliphatic heterocycles. The third-order valence-corrected chi connectivity index (χ3v) is 5.00. The van der Waals surface area contributed by atoms with Gasteiger partial charge in [-0.2, -0.15) is 0 Å². The molecule has 2 amide bonds. The van der Waals surface area contributed by atoms with Gasteiger partial charge in [-0.25, -0.2) is 24.4 Å². The lowest BCUT2D eigenvalue weighted by atomic mass is 10.2. The first-order valence-electron chi connectivity index (χ1n) is 9.59. The van der Waals surface area contributed by atoms with Crippen LogP contribution in [0.2, 0.25) is 5.02 Å². The summed E-state index contributed by atoms with van der Waals surface area (Å²) in [4.78, 5) is 56.5. The number of imidazole rings is 1. The lowest BCUT2D eigenvalue weighted by Crippen LogP contribution is -2.28. The normalized spacial score (nSPS) is 10.7. The highest BCUT2D eigenvalue weighted by Crippen LogP contribution is 2.25. The van der Waals surface area contributed by atoms with Gasteiger partial charge in [-0.05, 0) is 36.4 Å². The molecule has 0 aliphatic carbocycles. The highest BCUT2D eigenvalue weighted by molar-refractivity contribution is 6.33. The number of halogens is 1. The number of fused-ring (bicyclic) bond motifs is 1. The van der Waals surface area contributed by atoms with E-state index in [1.54, 1.807) is 10.8 Å². The standard InChI is InChI=1S/C21H15ClN6O6/c22-13-5-14-15(26-17(20(32)33)18(29)27-14)6-16(13)28-8-12(24-9-28)7-23-21(34)25-11-3-1-10(2-4-11)19(30)31/h1-6,8-9H,7H2,(H,27,29)(H,30,31)(H,32,33)(H2,23,25,34). The zero-order valence-electron chi connectivity index (χ0n) is 17.1. The van der Waals surface area contributed by atoms with Crippen molar-refractivity contribution in [2.24, 2.45) is 0 Å². The maximum absolute atomic E-state index is 12.1.